The van der Waals surface area contributed by atoms with Gasteiger partial charge in [-0.25, -0.2) is 4.39 Å². The Hall–Kier alpha value is -1.88. The minimum absolute atomic E-state index is 0.301. The third kappa shape index (κ3) is 3.24. The second-order valence-corrected chi connectivity index (χ2v) is 5.21. The van der Waals surface area contributed by atoms with Gasteiger partial charge >= 0.3 is 0 Å². The highest BCUT2D eigenvalue weighted by molar-refractivity contribution is 5.31. The zero-order valence-corrected chi connectivity index (χ0v) is 12.9. The van der Waals surface area contributed by atoms with Gasteiger partial charge in [0.1, 0.15) is 11.6 Å². The van der Waals surface area contributed by atoms with Gasteiger partial charge in [0.05, 0.1) is 18.9 Å². The van der Waals surface area contributed by atoms with Crippen molar-refractivity contribution in [2.45, 2.75) is 32.8 Å². The zero-order chi connectivity index (χ0) is 15.6. The molecule has 2 aromatic rings. The Bertz CT molecular complexity index is 637. The first kappa shape index (κ1) is 15.5. The zero-order valence-electron chi connectivity index (χ0n) is 12.9. The van der Waals surface area contributed by atoms with Crippen molar-refractivity contribution in [1.82, 2.24) is 9.78 Å². The molecule has 0 spiro atoms. The number of aliphatic hydroxyl groups excluding tert-OH is 1. The van der Waals surface area contributed by atoms with Crippen LogP contribution >= 0.6 is 0 Å². The Morgan fingerprint density at radius 3 is 2.62 bits per heavy atom. The van der Waals surface area contributed by atoms with E-state index < -0.39 is 11.9 Å². The molecule has 0 saturated carbocycles. The Kier molecular flexibility index (Phi) is 4.63. The molecule has 21 heavy (non-hydrogen) atoms. The first-order valence-electron chi connectivity index (χ1n) is 6.94. The number of nitrogens with zero attached hydrogens (tertiary/aromatic N) is 2. The van der Waals surface area contributed by atoms with Crippen LogP contribution in [0.2, 0.25) is 0 Å². The molecule has 0 fully saturated rings. The first-order chi connectivity index (χ1) is 9.93. The molecular weight excluding hydrogens is 271 g/mol. The fourth-order valence-corrected chi connectivity index (χ4v) is 2.52. The Balaban J connectivity index is 2.10. The van der Waals surface area contributed by atoms with E-state index in [0.29, 0.717) is 24.2 Å². The molecule has 0 aliphatic heterocycles. The maximum absolute atomic E-state index is 13.9. The van der Waals surface area contributed by atoms with E-state index in [-0.39, 0.29) is 0 Å². The topological polar surface area (TPSA) is 47.3 Å². The summed E-state index contributed by atoms with van der Waals surface area (Å²) in [5, 5.41) is 14.6. The van der Waals surface area contributed by atoms with Crippen molar-refractivity contribution in [2.75, 3.05) is 7.11 Å². The molecule has 0 radical (unpaired) electrons. The summed E-state index contributed by atoms with van der Waals surface area (Å²) in [4.78, 5) is 0. The lowest BCUT2D eigenvalue weighted by Crippen LogP contribution is -2.04. The van der Waals surface area contributed by atoms with Crippen LogP contribution in [0.5, 0.6) is 5.75 Å². The molecule has 0 bridgehead atoms. The van der Waals surface area contributed by atoms with Gasteiger partial charge in [-0.3, -0.25) is 4.68 Å². The molecule has 1 aromatic heterocycles. The number of rotatable bonds is 5. The average molecular weight is 292 g/mol. The number of halogens is 1. The molecule has 1 N–H and O–H groups in total. The maximum Gasteiger partial charge on any atom is 0.132 e. The first-order valence-corrected chi connectivity index (χ1v) is 6.94. The van der Waals surface area contributed by atoms with E-state index in [0.717, 1.165) is 17.0 Å². The fraction of sp³-hybridized carbons (Fsp3) is 0.438. The highest BCUT2D eigenvalue weighted by Crippen LogP contribution is 2.26. The fourth-order valence-electron chi connectivity index (χ4n) is 2.52. The second kappa shape index (κ2) is 6.26. The molecule has 0 aliphatic carbocycles. The summed E-state index contributed by atoms with van der Waals surface area (Å²) in [6, 6.07) is 4.52. The van der Waals surface area contributed by atoms with Crippen molar-refractivity contribution < 1.29 is 14.2 Å². The third-order valence-electron chi connectivity index (χ3n) is 3.89. The number of hydrogen-bond acceptors (Lipinski definition) is 3. The van der Waals surface area contributed by atoms with Crippen LogP contribution in [0.25, 0.3) is 0 Å². The summed E-state index contributed by atoms with van der Waals surface area (Å²) in [5.74, 6) is 0.00359. The van der Waals surface area contributed by atoms with Crippen LogP contribution in [0.15, 0.2) is 18.2 Å². The van der Waals surface area contributed by atoms with Gasteiger partial charge in [-0.15, -0.1) is 0 Å². The summed E-state index contributed by atoms with van der Waals surface area (Å²) in [6.07, 6.45) is 0.282. The number of ether oxygens (including phenoxy) is 1. The van der Waals surface area contributed by atoms with Gasteiger partial charge in [0.25, 0.3) is 0 Å². The van der Waals surface area contributed by atoms with Crippen LogP contribution in [-0.4, -0.2) is 22.0 Å². The van der Waals surface area contributed by atoms with Gasteiger partial charge in [0, 0.05) is 24.4 Å². The number of methoxy groups -OCH3 is 1. The highest BCUT2D eigenvalue weighted by Gasteiger charge is 2.16. The van der Waals surface area contributed by atoms with Crippen molar-refractivity contribution in [1.29, 1.82) is 0 Å². The van der Waals surface area contributed by atoms with Gasteiger partial charge in [0.2, 0.25) is 0 Å². The summed E-state index contributed by atoms with van der Waals surface area (Å²) >= 11 is 0. The van der Waals surface area contributed by atoms with Crippen LogP contribution in [-0.2, 0) is 13.5 Å². The van der Waals surface area contributed by atoms with E-state index >= 15 is 0 Å². The number of aromatic nitrogens is 2. The lowest BCUT2D eigenvalue weighted by molar-refractivity contribution is 0.163. The molecular formula is C16H21FN2O2. The number of hydrogen-bond donors (Lipinski definition) is 1. The standard InChI is InChI=1S/C16H21FN2O2/c1-10-13(11(2)19(3)18-10)7-8-16(20)14-6-5-12(21-4)9-15(14)17/h5-6,9,16,20H,7-8H2,1-4H3. The molecule has 0 saturated heterocycles. The van der Waals surface area contributed by atoms with E-state index in [1.807, 2.05) is 25.6 Å². The number of aliphatic hydroxyl groups is 1. The smallest absolute Gasteiger partial charge is 0.132 e. The molecule has 2 rings (SSSR count). The molecule has 5 heteroatoms. The maximum atomic E-state index is 13.9. The van der Waals surface area contributed by atoms with Gasteiger partial charge in [-0.2, -0.15) is 5.10 Å². The van der Waals surface area contributed by atoms with Crippen molar-refractivity contribution in [3.63, 3.8) is 0 Å². The van der Waals surface area contributed by atoms with Gasteiger partial charge in [-0.05, 0) is 44.4 Å². The van der Waals surface area contributed by atoms with Crippen LogP contribution in [0.1, 0.15) is 35.0 Å². The van der Waals surface area contributed by atoms with Crippen molar-refractivity contribution >= 4 is 0 Å². The van der Waals surface area contributed by atoms with Crippen LogP contribution in [0.4, 0.5) is 4.39 Å². The van der Waals surface area contributed by atoms with Gasteiger partial charge in [-0.1, -0.05) is 0 Å². The van der Waals surface area contributed by atoms with E-state index in [1.54, 1.807) is 12.1 Å². The SMILES string of the molecule is COc1ccc(C(O)CCc2c(C)nn(C)c2C)c(F)c1. The van der Waals surface area contributed by atoms with E-state index in [2.05, 4.69) is 5.10 Å². The molecule has 1 atom stereocenters. The molecule has 4 nitrogen and oxygen atoms in total. The third-order valence-corrected chi connectivity index (χ3v) is 3.89. The molecule has 0 amide bonds. The Labute approximate surface area is 124 Å². The monoisotopic (exact) mass is 292 g/mol. The Morgan fingerprint density at radius 2 is 2.10 bits per heavy atom. The highest BCUT2D eigenvalue weighted by atomic mass is 19.1. The van der Waals surface area contributed by atoms with Gasteiger partial charge in [0.15, 0.2) is 0 Å². The predicted molar refractivity (Wildman–Crippen MR) is 78.9 cm³/mol. The minimum atomic E-state index is -0.838. The average Bonchev–Trinajstić information content (AvgIpc) is 2.69. The van der Waals surface area contributed by atoms with Gasteiger partial charge < -0.3 is 9.84 Å². The predicted octanol–water partition coefficient (Wildman–Crippen LogP) is 2.85. The lowest BCUT2D eigenvalue weighted by atomic mass is 10.00. The number of benzene rings is 1. The van der Waals surface area contributed by atoms with Crippen LogP contribution in [0.3, 0.4) is 0 Å². The second-order valence-electron chi connectivity index (χ2n) is 5.21. The normalized spacial score (nSPS) is 12.5. The van der Waals surface area contributed by atoms with Crippen LogP contribution in [0, 0.1) is 19.7 Å². The lowest BCUT2D eigenvalue weighted by Gasteiger charge is -2.13. The van der Waals surface area contributed by atoms with Crippen molar-refractivity contribution in [3.05, 3.63) is 46.5 Å². The van der Waals surface area contributed by atoms with E-state index in [9.17, 15) is 9.50 Å². The molecule has 1 aromatic carbocycles. The summed E-state index contributed by atoms with van der Waals surface area (Å²) in [6.45, 7) is 3.94. The quantitative estimate of drug-likeness (QED) is 0.922. The molecule has 0 aliphatic rings. The summed E-state index contributed by atoms with van der Waals surface area (Å²) in [5.41, 5.74) is 3.45. The minimum Gasteiger partial charge on any atom is -0.497 e. The van der Waals surface area contributed by atoms with Crippen LogP contribution < -0.4 is 4.74 Å². The Morgan fingerprint density at radius 1 is 1.38 bits per heavy atom. The van der Waals surface area contributed by atoms with E-state index in [4.69, 9.17) is 4.74 Å². The molecule has 1 unspecified atom stereocenters. The van der Waals surface area contributed by atoms with Crippen molar-refractivity contribution in [3.8, 4) is 5.75 Å². The molecule has 1 heterocycles. The summed E-state index contributed by atoms with van der Waals surface area (Å²) < 4.78 is 20.7. The molecule has 114 valence electrons. The summed E-state index contributed by atoms with van der Waals surface area (Å²) in [7, 11) is 3.38. The largest absolute Gasteiger partial charge is 0.497 e. The number of aryl methyl sites for hydroxylation is 2. The van der Waals surface area contributed by atoms with E-state index in [1.165, 1.54) is 13.2 Å². The van der Waals surface area contributed by atoms with Crippen molar-refractivity contribution in [2.24, 2.45) is 7.05 Å².